The van der Waals surface area contributed by atoms with Crippen molar-refractivity contribution in [3.05, 3.63) is 41.6 Å². The Kier molecular flexibility index (Phi) is 4.44. The summed E-state index contributed by atoms with van der Waals surface area (Å²) in [6, 6.07) is 9.68. The fourth-order valence-corrected chi connectivity index (χ4v) is 3.83. The molecule has 1 aromatic heterocycles. The van der Waals surface area contributed by atoms with Crippen LogP contribution >= 0.6 is 0 Å². The summed E-state index contributed by atoms with van der Waals surface area (Å²) in [6.07, 6.45) is 3.07. The zero-order valence-corrected chi connectivity index (χ0v) is 14.3. The van der Waals surface area contributed by atoms with E-state index in [-0.39, 0.29) is 0 Å². The summed E-state index contributed by atoms with van der Waals surface area (Å²) in [7, 11) is 0. The molecule has 1 aromatic carbocycles. The van der Waals surface area contributed by atoms with Crippen molar-refractivity contribution in [2.75, 3.05) is 36.9 Å². The van der Waals surface area contributed by atoms with Gasteiger partial charge in [-0.25, -0.2) is 4.98 Å². The Labute approximate surface area is 147 Å². The number of nitrogen functional groups attached to an aromatic ring is 1. The van der Waals surface area contributed by atoms with Gasteiger partial charge in [0.05, 0.1) is 12.3 Å². The van der Waals surface area contributed by atoms with Crippen LogP contribution in [-0.2, 0) is 4.74 Å². The fourth-order valence-electron chi connectivity index (χ4n) is 3.83. The van der Waals surface area contributed by atoms with E-state index in [2.05, 4.69) is 27.0 Å². The minimum atomic E-state index is 0.328. The van der Waals surface area contributed by atoms with Gasteiger partial charge in [-0.1, -0.05) is 12.1 Å². The fraction of sp³-hybridized carbons (Fsp3) is 0.474. The van der Waals surface area contributed by atoms with Gasteiger partial charge in [-0.05, 0) is 42.9 Å². The Bertz CT molecular complexity index is 738. The monoisotopic (exact) mass is 340 g/mol. The highest BCUT2D eigenvalue weighted by atomic mass is 16.5. The number of nitrogens with two attached hydrogens (primary N) is 1. The first-order valence-corrected chi connectivity index (χ1v) is 8.95. The summed E-state index contributed by atoms with van der Waals surface area (Å²) in [5.41, 5.74) is 8.16. The lowest BCUT2D eigenvalue weighted by molar-refractivity contribution is 0.193. The summed E-state index contributed by atoms with van der Waals surface area (Å²) in [5.74, 6) is 2.41. The molecule has 2 aliphatic heterocycles. The highest BCUT2D eigenvalue weighted by molar-refractivity contribution is 5.45. The third-order valence-electron chi connectivity index (χ3n) is 5.26. The minimum Gasteiger partial charge on any atom is -0.508 e. The van der Waals surface area contributed by atoms with E-state index in [1.165, 1.54) is 5.56 Å². The van der Waals surface area contributed by atoms with Gasteiger partial charge in [0.15, 0.2) is 0 Å². The third-order valence-corrected chi connectivity index (χ3v) is 5.26. The van der Waals surface area contributed by atoms with E-state index >= 15 is 0 Å². The Hall–Kier alpha value is -2.34. The average molecular weight is 340 g/mol. The van der Waals surface area contributed by atoms with Crippen LogP contribution in [0, 0.1) is 0 Å². The van der Waals surface area contributed by atoms with Gasteiger partial charge in [0.2, 0.25) is 5.95 Å². The van der Waals surface area contributed by atoms with Gasteiger partial charge in [-0.3, -0.25) is 0 Å². The number of hydrogen-bond acceptors (Lipinski definition) is 6. The summed E-state index contributed by atoms with van der Waals surface area (Å²) < 4.78 is 5.47. The third kappa shape index (κ3) is 3.54. The molecule has 132 valence electrons. The van der Waals surface area contributed by atoms with Crippen LogP contribution in [0.5, 0.6) is 5.75 Å². The number of piperidine rings is 1. The smallest absolute Gasteiger partial charge is 0.222 e. The van der Waals surface area contributed by atoms with Crippen LogP contribution in [-0.4, -0.2) is 41.4 Å². The van der Waals surface area contributed by atoms with E-state index in [1.54, 1.807) is 6.07 Å². The Morgan fingerprint density at radius 2 is 1.92 bits per heavy atom. The molecule has 0 aliphatic carbocycles. The average Bonchev–Trinajstić information content (AvgIpc) is 3.16. The first-order chi connectivity index (χ1) is 12.2. The molecule has 3 N–H and O–H groups in total. The highest BCUT2D eigenvalue weighted by Crippen LogP contribution is 2.32. The van der Waals surface area contributed by atoms with E-state index in [4.69, 9.17) is 10.5 Å². The first-order valence-electron chi connectivity index (χ1n) is 8.95. The molecule has 1 atom stereocenters. The molecule has 6 nitrogen and oxygen atoms in total. The second-order valence-electron chi connectivity index (χ2n) is 6.93. The number of benzene rings is 1. The number of aromatic nitrogens is 2. The predicted octanol–water partition coefficient (Wildman–Crippen LogP) is 2.65. The van der Waals surface area contributed by atoms with Gasteiger partial charge in [-0.15, -0.1) is 0 Å². The summed E-state index contributed by atoms with van der Waals surface area (Å²) in [4.78, 5) is 11.2. The van der Waals surface area contributed by atoms with Crippen LogP contribution in [0.2, 0.25) is 0 Å². The van der Waals surface area contributed by atoms with Crippen molar-refractivity contribution >= 4 is 11.8 Å². The van der Waals surface area contributed by atoms with Gasteiger partial charge < -0.3 is 20.5 Å². The molecule has 0 saturated carbocycles. The molecule has 6 heteroatoms. The topological polar surface area (TPSA) is 84.5 Å². The van der Waals surface area contributed by atoms with Crippen LogP contribution in [0.15, 0.2) is 30.3 Å². The Balaban J connectivity index is 1.47. The molecule has 2 fully saturated rings. The van der Waals surface area contributed by atoms with Crippen LogP contribution < -0.4 is 10.6 Å². The van der Waals surface area contributed by atoms with Crippen molar-refractivity contribution in [1.82, 2.24) is 9.97 Å². The Morgan fingerprint density at radius 1 is 1.08 bits per heavy atom. The lowest BCUT2D eigenvalue weighted by Gasteiger charge is -2.33. The van der Waals surface area contributed by atoms with Crippen LogP contribution in [0.3, 0.4) is 0 Å². The minimum absolute atomic E-state index is 0.328. The first kappa shape index (κ1) is 16.1. The molecule has 2 aromatic rings. The van der Waals surface area contributed by atoms with Crippen LogP contribution in [0.1, 0.15) is 42.4 Å². The van der Waals surface area contributed by atoms with Gasteiger partial charge in [0.1, 0.15) is 11.6 Å². The zero-order chi connectivity index (χ0) is 17.2. The van der Waals surface area contributed by atoms with Crippen molar-refractivity contribution in [2.24, 2.45) is 0 Å². The quantitative estimate of drug-likeness (QED) is 0.893. The molecule has 0 amide bonds. The molecule has 25 heavy (non-hydrogen) atoms. The maximum Gasteiger partial charge on any atom is 0.222 e. The number of phenols is 1. The number of rotatable bonds is 3. The van der Waals surface area contributed by atoms with Crippen molar-refractivity contribution in [2.45, 2.75) is 31.1 Å². The lowest BCUT2D eigenvalue weighted by atomic mass is 9.89. The van der Waals surface area contributed by atoms with E-state index < -0.39 is 0 Å². The van der Waals surface area contributed by atoms with Gasteiger partial charge >= 0.3 is 0 Å². The molecular formula is C19H24N4O2. The molecular weight excluding hydrogens is 316 g/mol. The lowest BCUT2D eigenvalue weighted by Crippen LogP contribution is -2.33. The molecule has 0 spiro atoms. The number of ether oxygens (including phenoxy) is 1. The van der Waals surface area contributed by atoms with Crippen molar-refractivity contribution in [3.8, 4) is 5.75 Å². The van der Waals surface area contributed by atoms with Crippen molar-refractivity contribution in [1.29, 1.82) is 0 Å². The molecule has 4 rings (SSSR count). The number of phenolic OH excluding ortho intramolecular Hbond substituents is 1. The molecule has 3 heterocycles. The van der Waals surface area contributed by atoms with Crippen molar-refractivity contribution < 1.29 is 9.84 Å². The zero-order valence-electron chi connectivity index (χ0n) is 14.3. The predicted molar refractivity (Wildman–Crippen MR) is 96.9 cm³/mol. The van der Waals surface area contributed by atoms with Crippen LogP contribution in [0.25, 0.3) is 0 Å². The maximum absolute atomic E-state index is 9.69. The van der Waals surface area contributed by atoms with E-state index in [9.17, 15) is 5.11 Å². The molecule has 1 unspecified atom stereocenters. The maximum atomic E-state index is 9.69. The summed E-state index contributed by atoms with van der Waals surface area (Å²) >= 11 is 0. The standard InChI is InChI=1S/C19H24N4O2/c20-19-21-17(15-6-9-25-12-15)11-18(22-19)23-7-4-13(5-8-23)14-2-1-3-16(24)10-14/h1-3,10-11,13,15,24H,4-9,12H2,(H2,20,21,22). The molecule has 2 aliphatic rings. The molecule has 0 radical (unpaired) electrons. The van der Waals surface area contributed by atoms with E-state index in [1.807, 2.05) is 12.1 Å². The molecule has 2 saturated heterocycles. The Morgan fingerprint density at radius 3 is 2.64 bits per heavy atom. The normalized spacial score (nSPS) is 21.6. The second-order valence-corrected chi connectivity index (χ2v) is 6.93. The van der Waals surface area contributed by atoms with Gasteiger partial charge in [0, 0.05) is 31.7 Å². The van der Waals surface area contributed by atoms with Crippen LogP contribution in [0.4, 0.5) is 11.8 Å². The SMILES string of the molecule is Nc1nc(C2CCOC2)cc(N2CCC(c3cccc(O)c3)CC2)n1. The van der Waals surface area contributed by atoms with Gasteiger partial charge in [0.25, 0.3) is 0 Å². The summed E-state index contributed by atoms with van der Waals surface area (Å²) in [5, 5.41) is 9.69. The molecule has 0 bridgehead atoms. The van der Waals surface area contributed by atoms with Gasteiger partial charge in [-0.2, -0.15) is 4.98 Å². The number of aromatic hydroxyl groups is 1. The van der Waals surface area contributed by atoms with Crippen molar-refractivity contribution in [3.63, 3.8) is 0 Å². The number of hydrogen-bond donors (Lipinski definition) is 2. The van der Waals surface area contributed by atoms with E-state index in [0.29, 0.717) is 23.5 Å². The van der Waals surface area contributed by atoms with E-state index in [0.717, 1.165) is 57.1 Å². The number of anilines is 2. The summed E-state index contributed by atoms with van der Waals surface area (Å²) in [6.45, 7) is 3.36. The number of nitrogens with zero attached hydrogens (tertiary/aromatic N) is 3. The second kappa shape index (κ2) is 6.88. The largest absolute Gasteiger partial charge is 0.508 e. The highest BCUT2D eigenvalue weighted by Gasteiger charge is 2.25.